The van der Waals surface area contributed by atoms with Crippen molar-refractivity contribution in [3.8, 4) is 5.69 Å². The molecule has 3 nitrogen and oxygen atoms in total. The van der Waals surface area contributed by atoms with Crippen LogP contribution in [0.15, 0.2) is 42.5 Å². The maximum absolute atomic E-state index is 6.04. The second-order valence-corrected chi connectivity index (χ2v) is 4.71. The molecule has 3 rings (SSSR count). The molecule has 1 aromatic heterocycles. The Bertz CT molecular complexity index is 731. The Morgan fingerprint density at radius 2 is 2.00 bits per heavy atom. The number of nitrogen functional groups attached to an aromatic ring is 1. The van der Waals surface area contributed by atoms with Crippen LogP contribution in [0, 0.1) is 6.92 Å². The SMILES string of the molecule is Cc1cccc(-n2c(N)nc3ccc(Cl)cc32)c1. The van der Waals surface area contributed by atoms with E-state index in [1.807, 2.05) is 47.9 Å². The number of imidazole rings is 1. The van der Waals surface area contributed by atoms with E-state index in [1.165, 1.54) is 5.56 Å². The number of nitrogens with two attached hydrogens (primary N) is 1. The highest BCUT2D eigenvalue weighted by atomic mass is 35.5. The van der Waals surface area contributed by atoms with Gasteiger partial charge in [0.25, 0.3) is 0 Å². The average Bonchev–Trinajstić information content (AvgIpc) is 2.64. The molecule has 0 atom stereocenters. The zero-order valence-electron chi connectivity index (χ0n) is 9.89. The van der Waals surface area contributed by atoms with E-state index in [2.05, 4.69) is 11.1 Å². The predicted octanol–water partition coefficient (Wildman–Crippen LogP) is 3.57. The van der Waals surface area contributed by atoms with Gasteiger partial charge in [-0.05, 0) is 42.8 Å². The molecule has 2 N–H and O–H groups in total. The van der Waals surface area contributed by atoms with Crippen molar-refractivity contribution in [3.63, 3.8) is 0 Å². The zero-order chi connectivity index (χ0) is 12.7. The van der Waals surface area contributed by atoms with E-state index in [0.717, 1.165) is 16.7 Å². The Hall–Kier alpha value is -2.00. The first-order chi connectivity index (χ1) is 8.65. The maximum Gasteiger partial charge on any atom is 0.205 e. The molecular weight excluding hydrogens is 246 g/mol. The topological polar surface area (TPSA) is 43.8 Å². The van der Waals surface area contributed by atoms with Crippen LogP contribution in [-0.2, 0) is 0 Å². The highest BCUT2D eigenvalue weighted by molar-refractivity contribution is 6.31. The van der Waals surface area contributed by atoms with E-state index >= 15 is 0 Å². The number of aryl methyl sites for hydroxylation is 1. The molecule has 90 valence electrons. The molecule has 0 saturated heterocycles. The second-order valence-electron chi connectivity index (χ2n) is 4.28. The predicted molar refractivity (Wildman–Crippen MR) is 75.2 cm³/mol. The summed E-state index contributed by atoms with van der Waals surface area (Å²) >= 11 is 6.04. The van der Waals surface area contributed by atoms with Crippen molar-refractivity contribution in [3.05, 3.63) is 53.1 Å². The molecule has 0 aliphatic rings. The van der Waals surface area contributed by atoms with Crippen LogP contribution >= 0.6 is 11.6 Å². The molecule has 0 aliphatic carbocycles. The molecule has 2 aromatic carbocycles. The summed E-state index contributed by atoms with van der Waals surface area (Å²) < 4.78 is 1.91. The van der Waals surface area contributed by atoms with E-state index in [-0.39, 0.29) is 0 Å². The highest BCUT2D eigenvalue weighted by Crippen LogP contribution is 2.25. The summed E-state index contributed by atoms with van der Waals surface area (Å²) in [5.74, 6) is 0.470. The van der Waals surface area contributed by atoms with E-state index in [0.29, 0.717) is 11.0 Å². The average molecular weight is 258 g/mol. The van der Waals surface area contributed by atoms with E-state index in [4.69, 9.17) is 17.3 Å². The van der Waals surface area contributed by atoms with E-state index in [9.17, 15) is 0 Å². The number of aromatic nitrogens is 2. The number of halogens is 1. The minimum absolute atomic E-state index is 0.470. The van der Waals surface area contributed by atoms with Gasteiger partial charge in [-0.15, -0.1) is 0 Å². The van der Waals surface area contributed by atoms with Crippen molar-refractivity contribution >= 4 is 28.6 Å². The summed E-state index contributed by atoms with van der Waals surface area (Å²) in [6.07, 6.45) is 0. The van der Waals surface area contributed by atoms with Gasteiger partial charge in [0.15, 0.2) is 0 Å². The number of rotatable bonds is 1. The van der Waals surface area contributed by atoms with Crippen molar-refractivity contribution in [1.82, 2.24) is 9.55 Å². The van der Waals surface area contributed by atoms with Gasteiger partial charge in [0.1, 0.15) is 0 Å². The van der Waals surface area contributed by atoms with Crippen LogP contribution in [0.25, 0.3) is 16.7 Å². The number of hydrogen-bond acceptors (Lipinski definition) is 2. The number of benzene rings is 2. The number of hydrogen-bond donors (Lipinski definition) is 1. The van der Waals surface area contributed by atoms with Crippen LogP contribution in [0.4, 0.5) is 5.95 Å². The largest absolute Gasteiger partial charge is 0.369 e. The van der Waals surface area contributed by atoms with Gasteiger partial charge < -0.3 is 5.73 Å². The molecule has 0 amide bonds. The summed E-state index contributed by atoms with van der Waals surface area (Å²) in [6.45, 7) is 2.05. The minimum Gasteiger partial charge on any atom is -0.369 e. The fraction of sp³-hybridized carbons (Fsp3) is 0.0714. The Kier molecular flexibility index (Phi) is 2.49. The Morgan fingerprint density at radius 3 is 2.78 bits per heavy atom. The van der Waals surface area contributed by atoms with Gasteiger partial charge in [-0.2, -0.15) is 0 Å². The molecule has 1 heterocycles. The van der Waals surface area contributed by atoms with Gasteiger partial charge in [0.05, 0.1) is 11.0 Å². The summed E-state index contributed by atoms with van der Waals surface area (Å²) in [4.78, 5) is 4.34. The van der Waals surface area contributed by atoms with Gasteiger partial charge in [-0.25, -0.2) is 4.98 Å². The molecule has 0 spiro atoms. The Balaban J connectivity index is 2.34. The number of fused-ring (bicyclic) bond motifs is 1. The third kappa shape index (κ3) is 1.73. The first-order valence-electron chi connectivity index (χ1n) is 5.66. The lowest BCUT2D eigenvalue weighted by Crippen LogP contribution is -2.00. The number of anilines is 1. The monoisotopic (exact) mass is 257 g/mol. The molecule has 0 fully saturated rings. The molecule has 0 radical (unpaired) electrons. The third-order valence-corrected chi connectivity index (χ3v) is 3.14. The molecule has 0 saturated carbocycles. The van der Waals surface area contributed by atoms with Crippen molar-refractivity contribution in [2.75, 3.05) is 5.73 Å². The quantitative estimate of drug-likeness (QED) is 0.724. The van der Waals surface area contributed by atoms with E-state index in [1.54, 1.807) is 0 Å². The lowest BCUT2D eigenvalue weighted by Gasteiger charge is -2.07. The normalized spacial score (nSPS) is 11.0. The van der Waals surface area contributed by atoms with Gasteiger partial charge in [-0.1, -0.05) is 23.7 Å². The second kappa shape index (κ2) is 4.03. The first kappa shape index (κ1) is 11.1. The van der Waals surface area contributed by atoms with Crippen LogP contribution in [0.2, 0.25) is 5.02 Å². The van der Waals surface area contributed by atoms with Crippen LogP contribution in [0.5, 0.6) is 0 Å². The highest BCUT2D eigenvalue weighted by Gasteiger charge is 2.10. The minimum atomic E-state index is 0.470. The van der Waals surface area contributed by atoms with Gasteiger partial charge in [0.2, 0.25) is 5.95 Å². The lowest BCUT2D eigenvalue weighted by molar-refractivity contribution is 1.10. The van der Waals surface area contributed by atoms with Crippen LogP contribution < -0.4 is 5.73 Å². The summed E-state index contributed by atoms with van der Waals surface area (Å²) in [5, 5.41) is 0.677. The fourth-order valence-corrected chi connectivity index (χ4v) is 2.27. The molecule has 18 heavy (non-hydrogen) atoms. The van der Waals surface area contributed by atoms with Crippen molar-refractivity contribution < 1.29 is 0 Å². The van der Waals surface area contributed by atoms with Crippen LogP contribution in [-0.4, -0.2) is 9.55 Å². The lowest BCUT2D eigenvalue weighted by atomic mass is 10.2. The molecule has 0 bridgehead atoms. The summed E-state index contributed by atoms with van der Waals surface area (Å²) in [7, 11) is 0. The standard InChI is InChI=1S/C14H12ClN3/c1-9-3-2-4-11(7-9)18-13-8-10(15)5-6-12(13)17-14(18)16/h2-8H,1H3,(H2,16,17). The van der Waals surface area contributed by atoms with Crippen LogP contribution in [0.1, 0.15) is 5.56 Å². The molecule has 0 unspecified atom stereocenters. The van der Waals surface area contributed by atoms with E-state index < -0.39 is 0 Å². The van der Waals surface area contributed by atoms with Crippen LogP contribution in [0.3, 0.4) is 0 Å². The van der Waals surface area contributed by atoms with Gasteiger partial charge in [-0.3, -0.25) is 4.57 Å². The number of nitrogens with zero attached hydrogens (tertiary/aromatic N) is 2. The van der Waals surface area contributed by atoms with Gasteiger partial charge >= 0.3 is 0 Å². The smallest absolute Gasteiger partial charge is 0.205 e. The van der Waals surface area contributed by atoms with Crippen molar-refractivity contribution in [2.24, 2.45) is 0 Å². The fourth-order valence-electron chi connectivity index (χ4n) is 2.11. The summed E-state index contributed by atoms with van der Waals surface area (Å²) in [6, 6.07) is 13.7. The molecular formula is C14H12ClN3. The molecule has 0 aliphatic heterocycles. The Morgan fingerprint density at radius 1 is 1.17 bits per heavy atom. The first-order valence-corrected chi connectivity index (χ1v) is 6.03. The third-order valence-electron chi connectivity index (χ3n) is 2.90. The zero-order valence-corrected chi connectivity index (χ0v) is 10.6. The summed E-state index contributed by atoms with van der Waals surface area (Å²) in [5.41, 5.74) is 9.94. The Labute approximate surface area is 110 Å². The van der Waals surface area contributed by atoms with Gasteiger partial charge in [0, 0.05) is 10.7 Å². The van der Waals surface area contributed by atoms with Crippen molar-refractivity contribution in [2.45, 2.75) is 6.92 Å². The molecule has 3 aromatic rings. The van der Waals surface area contributed by atoms with Crippen molar-refractivity contribution in [1.29, 1.82) is 0 Å². The maximum atomic E-state index is 6.04. The molecule has 4 heteroatoms.